The van der Waals surface area contributed by atoms with Crippen LogP contribution in [0.15, 0.2) is 53.0 Å². The second kappa shape index (κ2) is 10.7. The molecule has 166 valence electrons. The van der Waals surface area contributed by atoms with E-state index in [0.717, 1.165) is 49.1 Å². The molecule has 6 nitrogen and oxygen atoms in total. The van der Waals surface area contributed by atoms with Gasteiger partial charge in [0, 0.05) is 39.9 Å². The fraction of sp³-hybridized carbons (Fsp3) is 0.333. The summed E-state index contributed by atoms with van der Waals surface area (Å²) < 4.78 is 0. The average Bonchev–Trinajstić information content (AvgIpc) is 3.48. The number of nitrogens with one attached hydrogen (secondary N) is 2. The fourth-order valence-electron chi connectivity index (χ4n) is 3.82. The first-order valence-corrected chi connectivity index (χ1v) is 12.6. The first-order valence-electron chi connectivity index (χ1n) is 10.8. The third kappa shape index (κ3) is 5.95. The Morgan fingerprint density at radius 3 is 2.69 bits per heavy atom. The highest BCUT2D eigenvalue weighted by molar-refractivity contribution is 7.99. The van der Waals surface area contributed by atoms with E-state index in [4.69, 9.17) is 0 Å². The molecule has 2 heterocycles. The van der Waals surface area contributed by atoms with Crippen molar-refractivity contribution in [3.63, 3.8) is 0 Å². The third-order valence-electron chi connectivity index (χ3n) is 5.46. The van der Waals surface area contributed by atoms with Crippen molar-refractivity contribution in [2.75, 3.05) is 16.4 Å². The molecule has 2 aromatic heterocycles. The number of thiazole rings is 1. The van der Waals surface area contributed by atoms with Gasteiger partial charge in [0.25, 0.3) is 0 Å². The highest BCUT2D eigenvalue weighted by Crippen LogP contribution is 2.31. The van der Waals surface area contributed by atoms with Crippen LogP contribution in [0.3, 0.4) is 0 Å². The Morgan fingerprint density at radius 1 is 1.12 bits per heavy atom. The number of urea groups is 1. The van der Waals surface area contributed by atoms with Crippen LogP contribution >= 0.6 is 23.1 Å². The molecule has 3 aromatic rings. The zero-order valence-corrected chi connectivity index (χ0v) is 19.6. The van der Waals surface area contributed by atoms with Crippen molar-refractivity contribution in [1.29, 1.82) is 0 Å². The first-order chi connectivity index (χ1) is 15.6. The summed E-state index contributed by atoms with van der Waals surface area (Å²) in [4.78, 5) is 35.3. The van der Waals surface area contributed by atoms with Gasteiger partial charge in [-0.1, -0.05) is 24.5 Å². The molecule has 0 atom stereocenters. The number of Topliss-reactive ketones (excluding diaryl/α,β-unsaturated/α-hetero) is 1. The molecule has 1 aliphatic carbocycles. The van der Waals surface area contributed by atoms with Crippen LogP contribution in [-0.2, 0) is 6.42 Å². The number of carbonyl (C=O) groups is 2. The molecule has 0 spiro atoms. The van der Waals surface area contributed by atoms with Crippen molar-refractivity contribution in [3.05, 3.63) is 64.9 Å². The molecular weight excluding hydrogens is 440 g/mol. The standard InChI is InChI=1S/C24H26N4O2S2/c1-16-6-7-21(20(14-16)22(29)17-4-2-3-5-17)27-23(30)28-24-26-18(15-32-24)10-13-31-19-8-11-25-12-9-19/h6-9,11-12,14-15,17H,2-5,10,13H2,1H3,(H2,26,27,28,30). The maximum Gasteiger partial charge on any atom is 0.325 e. The molecule has 1 aliphatic rings. The number of pyridine rings is 1. The summed E-state index contributed by atoms with van der Waals surface area (Å²) in [6, 6.07) is 9.17. The first kappa shape index (κ1) is 22.5. The van der Waals surface area contributed by atoms with E-state index in [2.05, 4.69) is 20.6 Å². The Labute approximate surface area is 196 Å². The van der Waals surface area contributed by atoms with Crippen molar-refractivity contribution in [2.24, 2.45) is 5.92 Å². The van der Waals surface area contributed by atoms with Crippen molar-refractivity contribution < 1.29 is 9.59 Å². The van der Waals surface area contributed by atoms with Gasteiger partial charge in [0.1, 0.15) is 0 Å². The van der Waals surface area contributed by atoms with E-state index in [-0.39, 0.29) is 17.7 Å². The summed E-state index contributed by atoms with van der Waals surface area (Å²) in [5, 5.41) is 8.16. The lowest BCUT2D eigenvalue weighted by molar-refractivity contribution is 0.0923. The molecule has 0 aliphatic heterocycles. The molecule has 2 N–H and O–H groups in total. The average molecular weight is 467 g/mol. The van der Waals surface area contributed by atoms with Crippen LogP contribution in [0.5, 0.6) is 0 Å². The van der Waals surface area contributed by atoms with E-state index in [1.807, 2.05) is 36.6 Å². The van der Waals surface area contributed by atoms with Gasteiger partial charge in [0.15, 0.2) is 10.9 Å². The molecule has 0 bridgehead atoms. The molecule has 1 fully saturated rings. The number of nitrogens with zero attached hydrogens (tertiary/aromatic N) is 2. The molecule has 1 saturated carbocycles. The van der Waals surface area contributed by atoms with Gasteiger partial charge in [0.05, 0.1) is 11.4 Å². The summed E-state index contributed by atoms with van der Waals surface area (Å²) in [5.74, 6) is 1.09. The van der Waals surface area contributed by atoms with E-state index >= 15 is 0 Å². The van der Waals surface area contributed by atoms with Crippen LogP contribution in [0.4, 0.5) is 15.6 Å². The lowest BCUT2D eigenvalue weighted by atomic mass is 9.94. The maximum absolute atomic E-state index is 13.0. The quantitative estimate of drug-likeness (QED) is 0.305. The number of thioether (sulfide) groups is 1. The molecule has 0 radical (unpaired) electrons. The molecule has 0 saturated heterocycles. The topological polar surface area (TPSA) is 84.0 Å². The SMILES string of the molecule is Cc1ccc(NC(=O)Nc2nc(CCSc3ccncc3)cs2)c(C(=O)C2CCCC2)c1. The maximum atomic E-state index is 13.0. The smallest absolute Gasteiger partial charge is 0.307 e. The minimum Gasteiger partial charge on any atom is -0.307 e. The highest BCUT2D eigenvalue weighted by atomic mass is 32.2. The Bertz CT molecular complexity index is 1080. The van der Waals surface area contributed by atoms with Gasteiger partial charge in [-0.15, -0.1) is 23.1 Å². The van der Waals surface area contributed by atoms with Gasteiger partial charge in [-0.05, 0) is 50.5 Å². The summed E-state index contributed by atoms with van der Waals surface area (Å²) in [6.45, 7) is 1.96. The van der Waals surface area contributed by atoms with Gasteiger partial charge in [-0.2, -0.15) is 0 Å². The van der Waals surface area contributed by atoms with E-state index < -0.39 is 0 Å². The largest absolute Gasteiger partial charge is 0.325 e. The highest BCUT2D eigenvalue weighted by Gasteiger charge is 2.26. The molecule has 4 rings (SSSR count). The Hall–Kier alpha value is -2.71. The summed E-state index contributed by atoms with van der Waals surface area (Å²) in [7, 11) is 0. The number of hydrogen-bond donors (Lipinski definition) is 2. The molecule has 0 unspecified atom stereocenters. The van der Waals surface area contributed by atoms with E-state index in [1.54, 1.807) is 30.2 Å². The summed E-state index contributed by atoms with van der Waals surface area (Å²) >= 11 is 3.15. The minimum atomic E-state index is -0.388. The third-order valence-corrected chi connectivity index (χ3v) is 7.28. The number of aryl methyl sites for hydroxylation is 2. The zero-order chi connectivity index (χ0) is 22.3. The van der Waals surface area contributed by atoms with Crippen LogP contribution in [0.1, 0.15) is 47.3 Å². The van der Waals surface area contributed by atoms with Gasteiger partial charge >= 0.3 is 6.03 Å². The zero-order valence-electron chi connectivity index (χ0n) is 18.0. The van der Waals surface area contributed by atoms with Crippen molar-refractivity contribution in [1.82, 2.24) is 9.97 Å². The monoisotopic (exact) mass is 466 g/mol. The van der Waals surface area contributed by atoms with E-state index in [0.29, 0.717) is 16.4 Å². The Morgan fingerprint density at radius 2 is 1.91 bits per heavy atom. The van der Waals surface area contributed by atoms with Gasteiger partial charge < -0.3 is 5.32 Å². The van der Waals surface area contributed by atoms with Crippen LogP contribution in [0.25, 0.3) is 0 Å². The molecule has 8 heteroatoms. The predicted molar refractivity (Wildman–Crippen MR) is 131 cm³/mol. The molecule has 1 aromatic carbocycles. The van der Waals surface area contributed by atoms with Crippen LogP contribution < -0.4 is 10.6 Å². The lowest BCUT2D eigenvalue weighted by Gasteiger charge is -2.14. The van der Waals surface area contributed by atoms with Crippen molar-refractivity contribution >= 4 is 45.7 Å². The number of benzene rings is 1. The van der Waals surface area contributed by atoms with Gasteiger partial charge in [-0.25, -0.2) is 9.78 Å². The minimum absolute atomic E-state index is 0.0620. The summed E-state index contributed by atoms with van der Waals surface area (Å²) in [6.07, 6.45) is 8.43. The van der Waals surface area contributed by atoms with Crippen LogP contribution in [0, 0.1) is 12.8 Å². The number of rotatable bonds is 8. The van der Waals surface area contributed by atoms with Crippen molar-refractivity contribution in [3.8, 4) is 0 Å². The van der Waals surface area contributed by atoms with Crippen LogP contribution in [-0.4, -0.2) is 27.5 Å². The number of carbonyl (C=O) groups excluding carboxylic acids is 2. The summed E-state index contributed by atoms with van der Waals surface area (Å²) in [5.41, 5.74) is 3.10. The van der Waals surface area contributed by atoms with Gasteiger partial charge in [0.2, 0.25) is 0 Å². The van der Waals surface area contributed by atoms with E-state index in [9.17, 15) is 9.59 Å². The predicted octanol–water partition coefficient (Wildman–Crippen LogP) is 6.20. The Balaban J connectivity index is 1.33. The number of anilines is 2. The van der Waals surface area contributed by atoms with Crippen molar-refractivity contribution in [2.45, 2.75) is 43.9 Å². The number of amides is 2. The number of hydrogen-bond acceptors (Lipinski definition) is 6. The fourth-order valence-corrected chi connectivity index (χ4v) is 5.42. The second-order valence-electron chi connectivity index (χ2n) is 7.90. The number of ketones is 1. The normalized spacial score (nSPS) is 13.8. The lowest BCUT2D eigenvalue weighted by Crippen LogP contribution is -2.22. The van der Waals surface area contributed by atoms with Crippen LogP contribution in [0.2, 0.25) is 0 Å². The second-order valence-corrected chi connectivity index (χ2v) is 9.93. The Kier molecular flexibility index (Phi) is 7.55. The molecular formula is C24H26N4O2S2. The van der Waals surface area contributed by atoms with Gasteiger partial charge in [-0.3, -0.25) is 15.1 Å². The molecule has 2 amide bonds. The number of aromatic nitrogens is 2. The molecule has 32 heavy (non-hydrogen) atoms. The van der Waals surface area contributed by atoms with E-state index in [1.165, 1.54) is 16.2 Å².